The summed E-state index contributed by atoms with van der Waals surface area (Å²) in [5, 5.41) is 11.2. The van der Waals surface area contributed by atoms with Crippen molar-refractivity contribution in [3.63, 3.8) is 0 Å². The van der Waals surface area contributed by atoms with E-state index in [1.165, 1.54) is 0 Å². The fraction of sp³-hybridized carbons (Fsp3) is 0.278. The first kappa shape index (κ1) is 17.5. The van der Waals surface area contributed by atoms with Gasteiger partial charge >= 0.3 is 5.97 Å². The third-order valence-corrected chi connectivity index (χ3v) is 3.67. The van der Waals surface area contributed by atoms with Crippen LogP contribution in [0.25, 0.3) is 0 Å². The number of aryl methyl sites for hydroxylation is 2. The average molecular weight is 328 g/mol. The summed E-state index contributed by atoms with van der Waals surface area (Å²) < 4.78 is 5.81. The number of carbonyl (C=O) groups is 2. The molecule has 24 heavy (non-hydrogen) atoms. The van der Waals surface area contributed by atoms with Crippen LogP contribution in [-0.4, -0.2) is 22.0 Å². The highest BCUT2D eigenvalue weighted by Gasteiger charge is 2.10. The van der Waals surface area contributed by atoms with Crippen molar-refractivity contribution in [2.45, 2.75) is 33.6 Å². The zero-order valence-corrected chi connectivity index (χ0v) is 13.9. The summed E-state index contributed by atoms with van der Waals surface area (Å²) in [4.78, 5) is 26.5. The van der Waals surface area contributed by atoms with E-state index in [4.69, 9.17) is 9.84 Å². The molecule has 0 aliphatic carbocycles. The van der Waals surface area contributed by atoms with Gasteiger partial charge in [0.1, 0.15) is 5.75 Å². The SMILES string of the molecule is Cc1cccc(Oc2ccc(NC(=O)CCC(=O)O)c(C)n2)c1C. The fourth-order valence-electron chi connectivity index (χ4n) is 2.11. The molecule has 0 bridgehead atoms. The van der Waals surface area contributed by atoms with Gasteiger partial charge in [-0.25, -0.2) is 4.98 Å². The maximum Gasteiger partial charge on any atom is 0.303 e. The number of hydrogen-bond acceptors (Lipinski definition) is 4. The van der Waals surface area contributed by atoms with Crippen molar-refractivity contribution in [3.05, 3.63) is 47.2 Å². The summed E-state index contributed by atoms with van der Waals surface area (Å²) in [6.07, 6.45) is -0.276. The Morgan fingerprint density at radius 2 is 1.88 bits per heavy atom. The number of benzene rings is 1. The minimum atomic E-state index is -1.00. The largest absolute Gasteiger partial charge is 0.481 e. The van der Waals surface area contributed by atoms with E-state index in [2.05, 4.69) is 10.3 Å². The van der Waals surface area contributed by atoms with Crippen LogP contribution in [0.1, 0.15) is 29.7 Å². The Bertz CT molecular complexity index is 772. The van der Waals surface area contributed by atoms with Crippen LogP contribution in [0.3, 0.4) is 0 Å². The van der Waals surface area contributed by atoms with E-state index in [1.807, 2.05) is 32.0 Å². The monoisotopic (exact) mass is 328 g/mol. The number of carbonyl (C=O) groups excluding carboxylic acids is 1. The second-order valence-electron chi connectivity index (χ2n) is 5.52. The minimum absolute atomic E-state index is 0.0739. The molecule has 126 valence electrons. The summed E-state index contributed by atoms with van der Waals surface area (Å²) >= 11 is 0. The molecule has 0 fully saturated rings. The summed E-state index contributed by atoms with van der Waals surface area (Å²) in [5.41, 5.74) is 3.31. The predicted octanol–water partition coefficient (Wildman–Crippen LogP) is 3.60. The molecular weight excluding hydrogens is 308 g/mol. The summed E-state index contributed by atoms with van der Waals surface area (Å²) in [7, 11) is 0. The first-order valence-corrected chi connectivity index (χ1v) is 7.60. The van der Waals surface area contributed by atoms with Crippen LogP contribution >= 0.6 is 0 Å². The molecule has 1 heterocycles. The van der Waals surface area contributed by atoms with E-state index < -0.39 is 5.97 Å². The number of ether oxygens (including phenoxy) is 1. The van der Waals surface area contributed by atoms with Gasteiger partial charge in [0, 0.05) is 12.5 Å². The molecule has 0 saturated heterocycles. The number of pyridine rings is 1. The molecule has 0 unspecified atom stereocenters. The third-order valence-electron chi connectivity index (χ3n) is 3.67. The first-order chi connectivity index (χ1) is 11.4. The molecule has 0 spiro atoms. The van der Waals surface area contributed by atoms with E-state index in [9.17, 15) is 9.59 Å². The maximum atomic E-state index is 11.7. The Labute approximate surface area is 140 Å². The average Bonchev–Trinajstić information content (AvgIpc) is 2.52. The van der Waals surface area contributed by atoms with Gasteiger partial charge in [-0.3, -0.25) is 9.59 Å². The van der Waals surface area contributed by atoms with E-state index in [1.54, 1.807) is 19.1 Å². The van der Waals surface area contributed by atoms with Gasteiger partial charge < -0.3 is 15.2 Å². The second-order valence-corrected chi connectivity index (χ2v) is 5.52. The highest BCUT2D eigenvalue weighted by Crippen LogP contribution is 2.27. The second kappa shape index (κ2) is 7.59. The van der Waals surface area contributed by atoms with Crippen molar-refractivity contribution in [3.8, 4) is 11.6 Å². The van der Waals surface area contributed by atoms with E-state index in [0.29, 0.717) is 17.3 Å². The van der Waals surface area contributed by atoms with Crippen LogP contribution in [0.15, 0.2) is 30.3 Å². The van der Waals surface area contributed by atoms with Gasteiger partial charge in [-0.05, 0) is 44.0 Å². The van der Waals surface area contributed by atoms with Crippen LogP contribution in [0, 0.1) is 20.8 Å². The summed E-state index contributed by atoms with van der Waals surface area (Å²) in [6.45, 7) is 5.74. The lowest BCUT2D eigenvalue weighted by Crippen LogP contribution is -2.14. The Balaban J connectivity index is 2.08. The van der Waals surface area contributed by atoms with Crippen LogP contribution in [-0.2, 0) is 9.59 Å². The number of amides is 1. The van der Waals surface area contributed by atoms with Crippen molar-refractivity contribution >= 4 is 17.6 Å². The van der Waals surface area contributed by atoms with Crippen LogP contribution in [0.4, 0.5) is 5.69 Å². The number of nitrogens with zero attached hydrogens (tertiary/aromatic N) is 1. The van der Waals surface area contributed by atoms with E-state index in [-0.39, 0.29) is 18.7 Å². The zero-order valence-electron chi connectivity index (χ0n) is 13.9. The molecule has 2 N–H and O–H groups in total. The standard InChI is InChI=1S/C18H20N2O4/c1-11-5-4-6-15(12(11)2)24-17-9-7-14(13(3)19-17)20-16(21)8-10-18(22)23/h4-7,9H,8,10H2,1-3H3,(H,20,21)(H,22,23). The Morgan fingerprint density at radius 3 is 2.54 bits per heavy atom. The number of aliphatic carboxylic acids is 1. The van der Waals surface area contributed by atoms with Crippen molar-refractivity contribution in [1.82, 2.24) is 4.98 Å². The Hall–Kier alpha value is -2.89. The number of carboxylic acid groups (broad SMARTS) is 1. The maximum absolute atomic E-state index is 11.7. The highest BCUT2D eigenvalue weighted by atomic mass is 16.5. The van der Waals surface area contributed by atoms with Crippen LogP contribution in [0.2, 0.25) is 0 Å². The fourth-order valence-corrected chi connectivity index (χ4v) is 2.11. The van der Waals surface area contributed by atoms with Gasteiger partial charge in [0.05, 0.1) is 17.8 Å². The van der Waals surface area contributed by atoms with Crippen LogP contribution in [0.5, 0.6) is 11.6 Å². The number of hydrogen-bond donors (Lipinski definition) is 2. The van der Waals surface area contributed by atoms with E-state index in [0.717, 1.165) is 16.9 Å². The normalized spacial score (nSPS) is 10.3. The molecule has 6 nitrogen and oxygen atoms in total. The van der Waals surface area contributed by atoms with Crippen molar-refractivity contribution in [1.29, 1.82) is 0 Å². The quantitative estimate of drug-likeness (QED) is 0.846. The smallest absolute Gasteiger partial charge is 0.303 e. The molecular formula is C18H20N2O4. The number of aromatic nitrogens is 1. The van der Waals surface area contributed by atoms with Crippen molar-refractivity contribution < 1.29 is 19.4 Å². The number of carboxylic acids is 1. The molecule has 1 amide bonds. The molecule has 0 atom stereocenters. The Morgan fingerprint density at radius 1 is 1.12 bits per heavy atom. The molecule has 2 rings (SSSR count). The van der Waals surface area contributed by atoms with Crippen LogP contribution < -0.4 is 10.1 Å². The van der Waals surface area contributed by atoms with Crippen molar-refractivity contribution in [2.75, 3.05) is 5.32 Å². The van der Waals surface area contributed by atoms with Gasteiger partial charge in [0.15, 0.2) is 0 Å². The topological polar surface area (TPSA) is 88.5 Å². The molecule has 0 radical (unpaired) electrons. The van der Waals surface area contributed by atoms with Gasteiger partial charge in [0.25, 0.3) is 0 Å². The molecule has 1 aromatic carbocycles. The summed E-state index contributed by atoms with van der Waals surface area (Å²) in [6, 6.07) is 9.17. The van der Waals surface area contributed by atoms with Gasteiger partial charge in [-0.1, -0.05) is 12.1 Å². The molecule has 0 aliphatic heterocycles. The lowest BCUT2D eigenvalue weighted by molar-refractivity contribution is -0.138. The number of nitrogens with one attached hydrogen (secondary N) is 1. The molecule has 1 aromatic heterocycles. The third kappa shape index (κ3) is 4.55. The molecule has 0 saturated carbocycles. The summed E-state index contributed by atoms with van der Waals surface area (Å²) in [5.74, 6) is -0.187. The minimum Gasteiger partial charge on any atom is -0.481 e. The highest BCUT2D eigenvalue weighted by molar-refractivity contribution is 5.92. The number of rotatable bonds is 6. The van der Waals surface area contributed by atoms with E-state index >= 15 is 0 Å². The molecule has 0 aliphatic rings. The predicted molar refractivity (Wildman–Crippen MR) is 90.5 cm³/mol. The van der Waals surface area contributed by atoms with Gasteiger partial charge in [-0.15, -0.1) is 0 Å². The number of anilines is 1. The lowest BCUT2D eigenvalue weighted by Gasteiger charge is -2.12. The first-order valence-electron chi connectivity index (χ1n) is 7.60. The molecule has 6 heteroatoms. The van der Waals surface area contributed by atoms with Gasteiger partial charge in [0.2, 0.25) is 11.8 Å². The molecule has 2 aromatic rings. The lowest BCUT2D eigenvalue weighted by atomic mass is 10.1. The zero-order chi connectivity index (χ0) is 17.7. The Kier molecular flexibility index (Phi) is 5.52. The van der Waals surface area contributed by atoms with Gasteiger partial charge in [-0.2, -0.15) is 0 Å². The van der Waals surface area contributed by atoms with Crippen molar-refractivity contribution in [2.24, 2.45) is 0 Å².